The van der Waals surface area contributed by atoms with Gasteiger partial charge >= 0.3 is 0 Å². The van der Waals surface area contributed by atoms with Crippen molar-refractivity contribution in [1.82, 2.24) is 0 Å². The van der Waals surface area contributed by atoms with E-state index in [9.17, 15) is 18.1 Å². The molecule has 2 rings (SSSR count). The van der Waals surface area contributed by atoms with Crippen molar-refractivity contribution in [1.29, 1.82) is 0 Å². The number of hydrogen-bond donors (Lipinski definition) is 2. The first-order valence-electron chi connectivity index (χ1n) is 10.5. The highest BCUT2D eigenvalue weighted by Crippen LogP contribution is 2.31. The number of rotatable bonds is 13. The number of benzene rings is 2. The Bertz CT molecular complexity index is 844. The summed E-state index contributed by atoms with van der Waals surface area (Å²) in [6.07, 6.45) is 11.8. The van der Waals surface area contributed by atoms with Crippen molar-refractivity contribution in [2.45, 2.75) is 76.0 Å². The van der Waals surface area contributed by atoms with Gasteiger partial charge in [-0.05, 0) is 54.8 Å². The van der Waals surface area contributed by atoms with Gasteiger partial charge in [-0.1, -0.05) is 64.4 Å². The van der Waals surface area contributed by atoms with Gasteiger partial charge in [-0.3, -0.25) is 4.55 Å². The lowest BCUT2D eigenvalue weighted by molar-refractivity contribution is 0.445. The van der Waals surface area contributed by atoms with Gasteiger partial charge in [0.1, 0.15) is 22.1 Å². The molecule has 0 bridgehead atoms. The predicted octanol–water partition coefficient (Wildman–Crippen LogP) is 6.50. The summed E-state index contributed by atoms with van der Waals surface area (Å²) in [5, 5.41) is 9.34. The van der Waals surface area contributed by atoms with E-state index in [-0.39, 0.29) is 16.4 Å². The van der Waals surface area contributed by atoms with Gasteiger partial charge in [0.2, 0.25) is 0 Å². The number of aromatic hydroxyl groups is 1. The Morgan fingerprint density at radius 1 is 0.828 bits per heavy atom. The van der Waals surface area contributed by atoms with Gasteiger partial charge in [0.05, 0.1) is 0 Å². The van der Waals surface area contributed by atoms with Crippen LogP contribution in [0.5, 0.6) is 17.2 Å². The predicted molar refractivity (Wildman–Crippen MR) is 115 cm³/mol. The normalized spacial score (nSPS) is 11.5. The summed E-state index contributed by atoms with van der Waals surface area (Å²) in [5.74, 6) is 0.525. The second-order valence-electron chi connectivity index (χ2n) is 7.43. The first-order chi connectivity index (χ1) is 13.9. The average molecular weight is 421 g/mol. The summed E-state index contributed by atoms with van der Waals surface area (Å²) < 4.78 is 38.8. The fourth-order valence-electron chi connectivity index (χ4n) is 3.27. The molecule has 5 nitrogen and oxygen atoms in total. The Morgan fingerprint density at radius 2 is 1.41 bits per heavy atom. The van der Waals surface area contributed by atoms with E-state index in [1.807, 2.05) is 6.07 Å². The van der Waals surface area contributed by atoms with Crippen molar-refractivity contribution in [3.8, 4) is 17.2 Å². The lowest BCUT2D eigenvalue weighted by Gasteiger charge is -2.11. The second kappa shape index (κ2) is 11.8. The van der Waals surface area contributed by atoms with Gasteiger partial charge in [0.15, 0.2) is 0 Å². The minimum absolute atomic E-state index is 0.0639. The minimum Gasteiger partial charge on any atom is -0.508 e. The molecule has 29 heavy (non-hydrogen) atoms. The van der Waals surface area contributed by atoms with Crippen LogP contribution in [0, 0.1) is 0 Å². The molecule has 0 saturated carbocycles. The molecule has 0 atom stereocenters. The third kappa shape index (κ3) is 8.46. The smallest absolute Gasteiger partial charge is 0.298 e. The van der Waals surface area contributed by atoms with Crippen LogP contribution in [0.2, 0.25) is 0 Å². The fraction of sp³-hybridized carbons (Fsp3) is 0.478. The number of ether oxygens (including phenoxy) is 1. The maximum absolute atomic E-state index is 11.8. The molecule has 2 aromatic rings. The quantitative estimate of drug-likeness (QED) is 0.285. The Labute approximate surface area is 174 Å². The van der Waals surface area contributed by atoms with Crippen LogP contribution < -0.4 is 4.74 Å². The molecule has 6 heteroatoms. The molecule has 0 unspecified atom stereocenters. The Hall–Kier alpha value is -2.05. The molecule has 0 radical (unpaired) electrons. The van der Waals surface area contributed by atoms with E-state index in [1.165, 1.54) is 75.3 Å². The summed E-state index contributed by atoms with van der Waals surface area (Å²) >= 11 is 0. The van der Waals surface area contributed by atoms with Gasteiger partial charge < -0.3 is 9.84 Å². The van der Waals surface area contributed by atoms with E-state index in [1.54, 1.807) is 6.07 Å². The van der Waals surface area contributed by atoms with Crippen LogP contribution in [0.1, 0.15) is 70.3 Å². The van der Waals surface area contributed by atoms with E-state index in [0.717, 1.165) is 24.8 Å². The highest BCUT2D eigenvalue weighted by Gasteiger charge is 2.18. The van der Waals surface area contributed by atoms with Gasteiger partial charge in [-0.2, -0.15) is 8.42 Å². The van der Waals surface area contributed by atoms with Crippen LogP contribution in [-0.4, -0.2) is 18.1 Å². The monoisotopic (exact) mass is 420 g/mol. The Morgan fingerprint density at radius 3 is 2.00 bits per heavy atom. The standard InChI is InChI=1S/C23H32O5S/c1-2-3-4-5-6-7-8-9-10-11-19-12-17-22(23(18-19)29(25,26)27)28-21-15-13-20(24)14-16-21/h12-18,24H,2-11H2,1H3,(H,25,26,27). The number of unbranched alkanes of at least 4 members (excludes halogenated alkanes) is 8. The third-order valence-corrected chi connectivity index (χ3v) is 5.79. The molecule has 2 N–H and O–H groups in total. The van der Waals surface area contributed by atoms with Gasteiger partial charge in [0, 0.05) is 0 Å². The van der Waals surface area contributed by atoms with Crippen LogP contribution in [0.25, 0.3) is 0 Å². The summed E-state index contributed by atoms with van der Waals surface area (Å²) in [7, 11) is -4.41. The van der Waals surface area contributed by atoms with E-state index in [4.69, 9.17) is 4.74 Å². The maximum Gasteiger partial charge on any atom is 0.298 e. The van der Waals surface area contributed by atoms with Crippen molar-refractivity contribution < 1.29 is 22.8 Å². The third-order valence-electron chi connectivity index (χ3n) is 4.92. The number of phenols is 1. The molecular weight excluding hydrogens is 388 g/mol. The van der Waals surface area contributed by atoms with Crippen LogP contribution in [0.15, 0.2) is 47.4 Å². The van der Waals surface area contributed by atoms with Gasteiger partial charge in [0.25, 0.3) is 10.1 Å². The summed E-state index contributed by atoms with van der Waals surface area (Å²) in [4.78, 5) is -0.237. The minimum atomic E-state index is -4.41. The maximum atomic E-state index is 11.8. The molecule has 0 heterocycles. The largest absolute Gasteiger partial charge is 0.508 e. The summed E-state index contributed by atoms with van der Waals surface area (Å²) in [5.41, 5.74) is 0.860. The number of hydrogen-bond acceptors (Lipinski definition) is 4. The van der Waals surface area contributed by atoms with E-state index in [0.29, 0.717) is 5.75 Å². The van der Waals surface area contributed by atoms with Crippen LogP contribution in [-0.2, 0) is 16.5 Å². The van der Waals surface area contributed by atoms with Crippen molar-refractivity contribution >= 4 is 10.1 Å². The van der Waals surface area contributed by atoms with E-state index in [2.05, 4.69) is 6.92 Å². The zero-order valence-electron chi connectivity index (χ0n) is 17.1. The first-order valence-corrected chi connectivity index (χ1v) is 11.9. The Balaban J connectivity index is 1.89. The lowest BCUT2D eigenvalue weighted by Crippen LogP contribution is -2.02. The van der Waals surface area contributed by atoms with Crippen molar-refractivity contribution in [2.24, 2.45) is 0 Å². The molecular formula is C23H32O5S. The fourth-order valence-corrected chi connectivity index (χ4v) is 3.94. The highest BCUT2D eigenvalue weighted by molar-refractivity contribution is 7.86. The molecule has 0 aliphatic carbocycles. The molecule has 2 aromatic carbocycles. The van der Waals surface area contributed by atoms with E-state index >= 15 is 0 Å². The van der Waals surface area contributed by atoms with Crippen LogP contribution in [0.3, 0.4) is 0 Å². The highest BCUT2D eigenvalue weighted by atomic mass is 32.2. The van der Waals surface area contributed by atoms with Crippen LogP contribution in [0.4, 0.5) is 0 Å². The summed E-state index contributed by atoms with van der Waals surface area (Å²) in [6, 6.07) is 10.8. The second-order valence-corrected chi connectivity index (χ2v) is 8.82. The molecule has 160 valence electrons. The molecule has 0 fully saturated rings. The van der Waals surface area contributed by atoms with E-state index < -0.39 is 10.1 Å². The number of aryl methyl sites for hydroxylation is 1. The lowest BCUT2D eigenvalue weighted by atomic mass is 10.0. The molecule has 0 aromatic heterocycles. The van der Waals surface area contributed by atoms with Crippen molar-refractivity contribution in [3.05, 3.63) is 48.0 Å². The first kappa shape index (κ1) is 23.2. The molecule has 0 saturated heterocycles. The zero-order valence-corrected chi connectivity index (χ0v) is 18.0. The SMILES string of the molecule is CCCCCCCCCCCc1ccc(Oc2ccc(O)cc2)c(S(=O)(=O)O)c1. The molecule has 0 aliphatic rings. The molecule has 0 amide bonds. The molecule has 0 spiro atoms. The molecule has 0 aliphatic heterocycles. The topological polar surface area (TPSA) is 83.8 Å². The van der Waals surface area contributed by atoms with Gasteiger partial charge in [-0.15, -0.1) is 0 Å². The Kier molecular flexibility index (Phi) is 9.48. The van der Waals surface area contributed by atoms with Crippen LogP contribution >= 0.6 is 0 Å². The number of phenolic OH excluding ortho intramolecular Hbond substituents is 1. The van der Waals surface area contributed by atoms with Gasteiger partial charge in [-0.25, -0.2) is 0 Å². The van der Waals surface area contributed by atoms with Crippen molar-refractivity contribution in [2.75, 3.05) is 0 Å². The zero-order chi connectivity index (χ0) is 21.1. The summed E-state index contributed by atoms with van der Waals surface area (Å²) in [6.45, 7) is 2.22. The van der Waals surface area contributed by atoms with Crippen molar-refractivity contribution in [3.63, 3.8) is 0 Å². The average Bonchev–Trinajstić information content (AvgIpc) is 2.68.